The molecule has 2 aromatic rings. The van der Waals surface area contributed by atoms with E-state index in [2.05, 4.69) is 10.6 Å². The normalized spacial score (nSPS) is 15.1. The van der Waals surface area contributed by atoms with Crippen molar-refractivity contribution in [2.24, 2.45) is 0 Å². The summed E-state index contributed by atoms with van der Waals surface area (Å²) in [5.41, 5.74) is 1.75. The molecular weight excluding hydrogens is 378 g/mol. The maximum atomic E-state index is 12.7. The van der Waals surface area contributed by atoms with Crippen molar-refractivity contribution in [3.8, 4) is 0 Å². The van der Waals surface area contributed by atoms with E-state index < -0.39 is 10.0 Å². The van der Waals surface area contributed by atoms with Crippen molar-refractivity contribution in [2.45, 2.75) is 11.3 Å². The molecule has 0 aromatic heterocycles. The minimum absolute atomic E-state index is 0.0792. The molecule has 28 heavy (non-hydrogen) atoms. The van der Waals surface area contributed by atoms with E-state index in [1.807, 2.05) is 30.3 Å². The Hall–Kier alpha value is -2.42. The Morgan fingerprint density at radius 1 is 1.04 bits per heavy atom. The van der Waals surface area contributed by atoms with Crippen molar-refractivity contribution in [2.75, 3.05) is 44.7 Å². The van der Waals surface area contributed by atoms with Gasteiger partial charge in [0.1, 0.15) is 0 Å². The van der Waals surface area contributed by atoms with Gasteiger partial charge >= 0.3 is 0 Å². The van der Waals surface area contributed by atoms with Crippen LogP contribution in [0.1, 0.15) is 5.56 Å². The predicted octanol–water partition coefficient (Wildman–Crippen LogP) is 1.48. The molecule has 1 aliphatic heterocycles. The van der Waals surface area contributed by atoms with Crippen LogP contribution in [0.25, 0.3) is 0 Å². The zero-order valence-corrected chi connectivity index (χ0v) is 16.5. The molecule has 0 atom stereocenters. The summed E-state index contributed by atoms with van der Waals surface area (Å²) in [7, 11) is -3.56. The van der Waals surface area contributed by atoms with Gasteiger partial charge in [0.05, 0.1) is 24.7 Å². The van der Waals surface area contributed by atoms with E-state index in [-0.39, 0.29) is 17.3 Å². The van der Waals surface area contributed by atoms with E-state index in [0.717, 1.165) is 12.0 Å². The zero-order chi connectivity index (χ0) is 19.8. The van der Waals surface area contributed by atoms with Crippen molar-refractivity contribution in [1.29, 1.82) is 0 Å². The average Bonchev–Trinajstić information content (AvgIpc) is 2.74. The van der Waals surface area contributed by atoms with Crippen molar-refractivity contribution in [3.63, 3.8) is 0 Å². The highest BCUT2D eigenvalue weighted by molar-refractivity contribution is 7.89. The number of ether oxygens (including phenoxy) is 1. The lowest BCUT2D eigenvalue weighted by molar-refractivity contribution is -0.119. The highest BCUT2D eigenvalue weighted by Gasteiger charge is 2.26. The van der Waals surface area contributed by atoms with E-state index in [4.69, 9.17) is 4.74 Å². The lowest BCUT2D eigenvalue weighted by Gasteiger charge is -2.26. The number of amides is 1. The number of nitrogens with one attached hydrogen (secondary N) is 2. The van der Waals surface area contributed by atoms with Gasteiger partial charge in [-0.2, -0.15) is 4.31 Å². The van der Waals surface area contributed by atoms with Crippen molar-refractivity contribution in [1.82, 2.24) is 9.62 Å². The van der Waals surface area contributed by atoms with Gasteiger partial charge in [0, 0.05) is 25.3 Å². The van der Waals surface area contributed by atoms with Crippen molar-refractivity contribution in [3.05, 3.63) is 60.2 Å². The van der Waals surface area contributed by atoms with Crippen LogP contribution in [0.3, 0.4) is 0 Å². The molecule has 1 amide bonds. The van der Waals surface area contributed by atoms with E-state index in [0.29, 0.717) is 38.5 Å². The van der Waals surface area contributed by atoms with Gasteiger partial charge in [0.15, 0.2) is 0 Å². The van der Waals surface area contributed by atoms with Gasteiger partial charge in [-0.25, -0.2) is 8.42 Å². The summed E-state index contributed by atoms with van der Waals surface area (Å²) in [4.78, 5) is 12.2. The maximum absolute atomic E-state index is 12.7. The van der Waals surface area contributed by atoms with Crippen LogP contribution in [-0.4, -0.2) is 58.0 Å². The Bertz CT molecular complexity index is 881. The van der Waals surface area contributed by atoms with E-state index in [9.17, 15) is 13.2 Å². The molecule has 150 valence electrons. The van der Waals surface area contributed by atoms with Gasteiger partial charge in [-0.15, -0.1) is 0 Å². The highest BCUT2D eigenvalue weighted by atomic mass is 32.2. The van der Waals surface area contributed by atoms with Crippen LogP contribution in [0, 0.1) is 0 Å². The molecule has 1 fully saturated rings. The third-order valence-corrected chi connectivity index (χ3v) is 6.37. The van der Waals surface area contributed by atoms with Gasteiger partial charge < -0.3 is 15.4 Å². The van der Waals surface area contributed by atoms with Crippen molar-refractivity contribution >= 4 is 21.6 Å². The van der Waals surface area contributed by atoms with E-state index >= 15 is 0 Å². The molecule has 0 radical (unpaired) electrons. The maximum Gasteiger partial charge on any atom is 0.243 e. The SMILES string of the molecule is O=C(CNc1cccc(S(=O)(=O)N2CCOCC2)c1)NCCc1ccccc1. The number of sulfonamides is 1. The number of rotatable bonds is 8. The summed E-state index contributed by atoms with van der Waals surface area (Å²) in [6.45, 7) is 2.14. The van der Waals surface area contributed by atoms with Crippen LogP contribution in [0.2, 0.25) is 0 Å². The third kappa shape index (κ3) is 5.54. The second kappa shape index (κ2) is 9.68. The molecule has 0 spiro atoms. The molecule has 2 aromatic carbocycles. The third-order valence-electron chi connectivity index (χ3n) is 4.47. The number of morpholine rings is 1. The summed E-state index contributed by atoms with van der Waals surface area (Å²) < 4.78 is 32.1. The van der Waals surface area contributed by atoms with E-state index in [1.54, 1.807) is 24.3 Å². The number of benzene rings is 2. The molecule has 1 saturated heterocycles. The lowest BCUT2D eigenvalue weighted by atomic mass is 10.1. The van der Waals surface area contributed by atoms with Crippen LogP contribution in [0.4, 0.5) is 5.69 Å². The Kier molecular flexibility index (Phi) is 7.02. The fourth-order valence-electron chi connectivity index (χ4n) is 2.94. The van der Waals surface area contributed by atoms with Crippen LogP contribution < -0.4 is 10.6 Å². The number of carbonyl (C=O) groups excluding carboxylic acids is 1. The molecule has 0 unspecified atom stereocenters. The van der Waals surface area contributed by atoms with Gasteiger partial charge in [-0.3, -0.25) is 4.79 Å². The fraction of sp³-hybridized carbons (Fsp3) is 0.350. The molecule has 0 saturated carbocycles. The first-order valence-corrected chi connectivity index (χ1v) is 10.7. The molecule has 0 aliphatic carbocycles. The Labute approximate surface area is 165 Å². The average molecular weight is 404 g/mol. The Morgan fingerprint density at radius 3 is 2.54 bits per heavy atom. The second-order valence-electron chi connectivity index (χ2n) is 6.48. The van der Waals surface area contributed by atoms with Crippen molar-refractivity contribution < 1.29 is 17.9 Å². The molecule has 7 nitrogen and oxygen atoms in total. The summed E-state index contributed by atoms with van der Waals surface area (Å²) >= 11 is 0. The molecule has 2 N–H and O–H groups in total. The molecule has 8 heteroatoms. The summed E-state index contributed by atoms with van der Waals surface area (Å²) in [5, 5.41) is 5.84. The van der Waals surface area contributed by atoms with Gasteiger partial charge in [-0.1, -0.05) is 36.4 Å². The molecule has 1 heterocycles. The Balaban J connectivity index is 1.50. The lowest BCUT2D eigenvalue weighted by Crippen LogP contribution is -2.40. The summed E-state index contributed by atoms with van der Waals surface area (Å²) in [5.74, 6) is -0.141. The minimum Gasteiger partial charge on any atom is -0.379 e. The number of hydrogen-bond donors (Lipinski definition) is 2. The first kappa shape index (κ1) is 20.3. The number of hydrogen-bond acceptors (Lipinski definition) is 5. The smallest absolute Gasteiger partial charge is 0.243 e. The van der Waals surface area contributed by atoms with Crippen LogP contribution in [-0.2, 0) is 26.0 Å². The quantitative estimate of drug-likeness (QED) is 0.697. The van der Waals surface area contributed by atoms with E-state index in [1.165, 1.54) is 4.31 Å². The topological polar surface area (TPSA) is 87.7 Å². The molecule has 3 rings (SSSR count). The first-order valence-electron chi connectivity index (χ1n) is 9.28. The largest absolute Gasteiger partial charge is 0.379 e. The Morgan fingerprint density at radius 2 is 1.79 bits per heavy atom. The fourth-order valence-corrected chi connectivity index (χ4v) is 4.39. The standard InChI is InChI=1S/C20H25N3O4S/c24-20(21-10-9-17-5-2-1-3-6-17)16-22-18-7-4-8-19(15-18)28(25,26)23-11-13-27-14-12-23/h1-8,15,22H,9-14,16H2,(H,21,24). The van der Waals surface area contributed by atoms with Gasteiger partial charge in [0.25, 0.3) is 0 Å². The van der Waals surface area contributed by atoms with Crippen LogP contribution in [0.5, 0.6) is 0 Å². The monoisotopic (exact) mass is 403 g/mol. The summed E-state index contributed by atoms with van der Waals surface area (Å²) in [6, 6.07) is 16.5. The molecule has 1 aliphatic rings. The number of anilines is 1. The number of carbonyl (C=O) groups is 1. The highest BCUT2D eigenvalue weighted by Crippen LogP contribution is 2.20. The predicted molar refractivity (Wildman–Crippen MR) is 108 cm³/mol. The first-order chi connectivity index (χ1) is 13.6. The van der Waals surface area contributed by atoms with Crippen LogP contribution >= 0.6 is 0 Å². The molecular formula is C20H25N3O4S. The van der Waals surface area contributed by atoms with Gasteiger partial charge in [0.2, 0.25) is 15.9 Å². The van der Waals surface area contributed by atoms with Gasteiger partial charge in [-0.05, 0) is 30.2 Å². The minimum atomic E-state index is -3.56. The zero-order valence-electron chi connectivity index (χ0n) is 15.6. The molecule has 0 bridgehead atoms. The summed E-state index contributed by atoms with van der Waals surface area (Å²) in [6.07, 6.45) is 0.764. The number of nitrogens with zero attached hydrogens (tertiary/aromatic N) is 1. The van der Waals surface area contributed by atoms with Crippen LogP contribution in [0.15, 0.2) is 59.5 Å². The second-order valence-corrected chi connectivity index (χ2v) is 8.42.